The van der Waals surface area contributed by atoms with Crippen molar-refractivity contribution < 1.29 is 13.2 Å². The zero-order valence-electron chi connectivity index (χ0n) is 22.7. The molecule has 0 spiro atoms. The molecule has 4 heterocycles. The number of aryl methyl sites for hydroxylation is 1. The van der Waals surface area contributed by atoms with Crippen molar-refractivity contribution in [3.8, 4) is 5.69 Å². The molecular formula is C30H27N5O5S2. The van der Waals surface area contributed by atoms with Crippen LogP contribution in [0, 0.1) is 0 Å². The number of rotatable bonds is 7. The number of hydrogen-bond donors (Lipinski definition) is 1. The second-order valence-electron chi connectivity index (χ2n) is 10.0. The Morgan fingerprint density at radius 1 is 1.07 bits per heavy atom. The molecule has 214 valence electrons. The number of para-hydroxylation sites is 1. The van der Waals surface area contributed by atoms with E-state index in [4.69, 9.17) is 0 Å². The fourth-order valence-corrected chi connectivity index (χ4v) is 7.76. The molecule has 1 aliphatic heterocycles. The second-order valence-corrected chi connectivity index (χ2v) is 12.8. The van der Waals surface area contributed by atoms with Crippen LogP contribution in [0.3, 0.4) is 0 Å². The molecule has 0 aliphatic carbocycles. The normalized spacial score (nSPS) is 13.2. The van der Waals surface area contributed by atoms with Gasteiger partial charge >= 0.3 is 5.69 Å². The molecule has 6 rings (SSSR count). The lowest BCUT2D eigenvalue weighted by atomic mass is 10.0. The summed E-state index contributed by atoms with van der Waals surface area (Å²) < 4.78 is 29.8. The first-order chi connectivity index (χ1) is 20.3. The van der Waals surface area contributed by atoms with E-state index in [1.165, 1.54) is 33.5 Å². The number of amides is 1. The first kappa shape index (κ1) is 27.6. The molecule has 0 radical (unpaired) electrons. The van der Waals surface area contributed by atoms with Crippen molar-refractivity contribution in [1.29, 1.82) is 0 Å². The van der Waals surface area contributed by atoms with Crippen molar-refractivity contribution in [1.82, 2.24) is 19.4 Å². The maximum absolute atomic E-state index is 13.8. The Hall–Kier alpha value is -4.55. The molecule has 1 amide bonds. The molecule has 42 heavy (non-hydrogen) atoms. The molecule has 12 heteroatoms. The molecule has 1 aliphatic rings. The van der Waals surface area contributed by atoms with Crippen LogP contribution in [0.25, 0.3) is 16.6 Å². The molecular weight excluding hydrogens is 574 g/mol. The van der Waals surface area contributed by atoms with Gasteiger partial charge in [-0.1, -0.05) is 30.3 Å². The number of carbonyl (C=O) groups is 1. The van der Waals surface area contributed by atoms with Crippen LogP contribution >= 0.6 is 11.3 Å². The number of fused-ring (bicyclic) bond motifs is 2. The number of nitrogens with zero attached hydrogens (tertiary/aromatic N) is 4. The predicted octanol–water partition coefficient (Wildman–Crippen LogP) is 3.59. The van der Waals surface area contributed by atoms with E-state index in [0.717, 1.165) is 33.6 Å². The number of likely N-dealkylation sites (N-methyl/N-ethyl adjacent to an activating group) is 1. The monoisotopic (exact) mass is 601 g/mol. The summed E-state index contributed by atoms with van der Waals surface area (Å²) in [6.45, 7) is 0.705. The SMILES string of the molecule is CN(CCc1ccccn1)C(=O)c1scc2[nH]c(=O)n(-c3cccc(S(=O)(=O)N4CCCc5ccccc54)c3)c(=O)c12. The van der Waals surface area contributed by atoms with Crippen LogP contribution in [0.2, 0.25) is 0 Å². The fraction of sp³-hybridized carbons (Fsp3) is 0.200. The average Bonchev–Trinajstić information content (AvgIpc) is 3.44. The fourth-order valence-electron chi connectivity index (χ4n) is 5.19. The van der Waals surface area contributed by atoms with Gasteiger partial charge in [-0.05, 0) is 54.8 Å². The zero-order valence-corrected chi connectivity index (χ0v) is 24.3. The van der Waals surface area contributed by atoms with E-state index in [2.05, 4.69) is 9.97 Å². The van der Waals surface area contributed by atoms with E-state index < -0.39 is 21.3 Å². The standard InChI is InChI=1S/C30H27N5O5S2/c1-33(17-14-21-10-4-5-15-31-21)29(37)27-26-24(19-41-27)32-30(38)35(28(26)36)22-11-6-12-23(18-22)42(39,40)34-16-7-9-20-8-2-3-13-25(20)34/h2-6,8,10-13,15,18-19H,7,9,14,16-17H2,1H3,(H,32,38). The van der Waals surface area contributed by atoms with Crippen molar-refractivity contribution in [2.24, 2.45) is 0 Å². The summed E-state index contributed by atoms with van der Waals surface area (Å²) in [7, 11) is -2.34. The molecule has 0 saturated carbocycles. The maximum Gasteiger partial charge on any atom is 0.333 e. The summed E-state index contributed by atoms with van der Waals surface area (Å²) in [5, 5.41) is 1.64. The summed E-state index contributed by atoms with van der Waals surface area (Å²) in [6, 6.07) is 18.7. The molecule has 3 aromatic heterocycles. The van der Waals surface area contributed by atoms with Gasteiger partial charge in [0.2, 0.25) is 0 Å². The minimum atomic E-state index is -3.98. The third-order valence-electron chi connectivity index (χ3n) is 7.35. The molecule has 0 unspecified atom stereocenters. The lowest BCUT2D eigenvalue weighted by molar-refractivity contribution is 0.0802. The van der Waals surface area contributed by atoms with Gasteiger partial charge in [-0.25, -0.2) is 17.8 Å². The lowest BCUT2D eigenvalue weighted by Crippen LogP contribution is -2.36. The quantitative estimate of drug-likeness (QED) is 0.304. The van der Waals surface area contributed by atoms with Gasteiger partial charge in [-0.15, -0.1) is 11.3 Å². The molecule has 0 saturated heterocycles. The smallest absolute Gasteiger partial charge is 0.333 e. The van der Waals surface area contributed by atoms with Crippen LogP contribution in [0.5, 0.6) is 0 Å². The Bertz CT molecular complexity index is 2030. The second kappa shape index (κ2) is 11.0. The van der Waals surface area contributed by atoms with Gasteiger partial charge in [-0.2, -0.15) is 0 Å². The summed E-state index contributed by atoms with van der Waals surface area (Å²) in [5.41, 5.74) is 1.31. The first-order valence-corrected chi connectivity index (χ1v) is 15.7. The Labute approximate surface area is 245 Å². The Morgan fingerprint density at radius 3 is 2.69 bits per heavy atom. The topological polar surface area (TPSA) is 125 Å². The number of aromatic nitrogens is 3. The Morgan fingerprint density at radius 2 is 1.88 bits per heavy atom. The van der Waals surface area contributed by atoms with Crippen LogP contribution in [0.15, 0.2) is 92.8 Å². The maximum atomic E-state index is 13.8. The van der Waals surface area contributed by atoms with E-state index in [1.54, 1.807) is 30.8 Å². The third kappa shape index (κ3) is 4.92. The van der Waals surface area contributed by atoms with Gasteiger partial charge in [0.1, 0.15) is 4.88 Å². The third-order valence-corrected chi connectivity index (χ3v) is 10.1. The van der Waals surface area contributed by atoms with Crippen molar-refractivity contribution >= 4 is 43.9 Å². The highest BCUT2D eigenvalue weighted by Crippen LogP contribution is 2.32. The van der Waals surface area contributed by atoms with E-state index in [0.29, 0.717) is 31.6 Å². The van der Waals surface area contributed by atoms with Crippen LogP contribution in [0.1, 0.15) is 27.3 Å². The Kier molecular flexibility index (Phi) is 7.25. The van der Waals surface area contributed by atoms with E-state index >= 15 is 0 Å². The molecule has 0 fully saturated rings. The van der Waals surface area contributed by atoms with Gasteiger partial charge in [0.25, 0.3) is 21.5 Å². The number of hydrogen-bond acceptors (Lipinski definition) is 7. The number of carbonyl (C=O) groups excluding carboxylic acids is 1. The van der Waals surface area contributed by atoms with Crippen LogP contribution in [0.4, 0.5) is 5.69 Å². The predicted molar refractivity (Wildman–Crippen MR) is 162 cm³/mol. The van der Waals surface area contributed by atoms with Crippen molar-refractivity contribution in [3.05, 3.63) is 115 Å². The lowest BCUT2D eigenvalue weighted by Gasteiger charge is -2.30. The number of anilines is 1. The number of pyridine rings is 1. The summed E-state index contributed by atoms with van der Waals surface area (Å²) in [5.74, 6) is -0.360. The summed E-state index contributed by atoms with van der Waals surface area (Å²) in [6.07, 6.45) is 3.69. The largest absolute Gasteiger partial charge is 0.341 e. The highest BCUT2D eigenvalue weighted by atomic mass is 32.2. The van der Waals surface area contributed by atoms with Gasteiger partial charge in [0.05, 0.1) is 27.2 Å². The van der Waals surface area contributed by atoms with E-state index in [9.17, 15) is 22.8 Å². The van der Waals surface area contributed by atoms with Gasteiger partial charge < -0.3 is 9.88 Å². The molecule has 10 nitrogen and oxygen atoms in total. The van der Waals surface area contributed by atoms with Gasteiger partial charge in [0, 0.05) is 43.8 Å². The minimum Gasteiger partial charge on any atom is -0.341 e. The van der Waals surface area contributed by atoms with Gasteiger partial charge in [0.15, 0.2) is 0 Å². The van der Waals surface area contributed by atoms with Crippen molar-refractivity contribution in [3.63, 3.8) is 0 Å². The Balaban J connectivity index is 1.36. The van der Waals surface area contributed by atoms with Crippen LogP contribution in [-0.2, 0) is 22.9 Å². The van der Waals surface area contributed by atoms with E-state index in [-0.39, 0.29) is 32.3 Å². The number of thiophene rings is 1. The highest BCUT2D eigenvalue weighted by molar-refractivity contribution is 7.92. The van der Waals surface area contributed by atoms with E-state index in [1.807, 2.05) is 30.3 Å². The zero-order chi connectivity index (χ0) is 29.4. The minimum absolute atomic E-state index is 0.0426. The molecule has 5 aromatic rings. The van der Waals surface area contributed by atoms with Crippen LogP contribution in [-0.4, -0.2) is 53.9 Å². The number of H-pyrrole nitrogens is 1. The number of benzene rings is 2. The van der Waals surface area contributed by atoms with Gasteiger partial charge in [-0.3, -0.25) is 18.9 Å². The number of aromatic amines is 1. The van der Waals surface area contributed by atoms with Crippen molar-refractivity contribution in [2.75, 3.05) is 24.4 Å². The summed E-state index contributed by atoms with van der Waals surface area (Å²) >= 11 is 1.07. The highest BCUT2D eigenvalue weighted by Gasteiger charge is 2.29. The number of sulfonamides is 1. The number of nitrogens with one attached hydrogen (secondary N) is 1. The van der Waals surface area contributed by atoms with Crippen LogP contribution < -0.4 is 15.6 Å². The summed E-state index contributed by atoms with van der Waals surface area (Å²) in [4.78, 5) is 48.9. The van der Waals surface area contributed by atoms with Crippen molar-refractivity contribution in [2.45, 2.75) is 24.2 Å². The molecule has 0 bridgehead atoms. The average molecular weight is 602 g/mol. The first-order valence-electron chi connectivity index (χ1n) is 13.4. The molecule has 0 atom stereocenters. The molecule has 1 N–H and O–H groups in total. The molecule has 2 aromatic carbocycles.